The van der Waals surface area contributed by atoms with Crippen molar-refractivity contribution >= 4 is 21.8 Å². The van der Waals surface area contributed by atoms with Crippen LogP contribution < -0.4 is 0 Å². The van der Waals surface area contributed by atoms with Gasteiger partial charge in [0.05, 0.1) is 0 Å². The highest BCUT2D eigenvalue weighted by atomic mass is 79.9. The minimum absolute atomic E-state index is 0.381. The molecule has 2 fully saturated rings. The zero-order chi connectivity index (χ0) is 10.3. The molecule has 2 nitrogen and oxygen atoms in total. The van der Waals surface area contributed by atoms with Gasteiger partial charge in [-0.05, 0) is 24.7 Å². The van der Waals surface area contributed by atoms with Crippen molar-refractivity contribution in [1.82, 2.24) is 4.90 Å². The molecule has 0 N–H and O–H groups in total. The number of alkyl halides is 1. The molecule has 1 amide bonds. The summed E-state index contributed by atoms with van der Waals surface area (Å²) < 4.78 is 0. The predicted molar refractivity (Wildman–Crippen MR) is 60.3 cm³/mol. The Labute approximate surface area is 94.2 Å². The van der Waals surface area contributed by atoms with Gasteiger partial charge in [0.15, 0.2) is 0 Å². The van der Waals surface area contributed by atoms with Crippen LogP contribution in [0.15, 0.2) is 0 Å². The molecule has 3 unspecified atom stereocenters. The summed E-state index contributed by atoms with van der Waals surface area (Å²) in [7, 11) is 1.92. The lowest BCUT2D eigenvalue weighted by Gasteiger charge is -2.19. The number of nitrogens with zero attached hydrogens (tertiary/aromatic N) is 1. The van der Waals surface area contributed by atoms with E-state index in [9.17, 15) is 4.79 Å². The van der Waals surface area contributed by atoms with Crippen LogP contribution in [0.1, 0.15) is 26.2 Å². The highest BCUT2D eigenvalue weighted by Crippen LogP contribution is 2.58. The van der Waals surface area contributed by atoms with Crippen LogP contribution in [-0.4, -0.2) is 29.2 Å². The van der Waals surface area contributed by atoms with Gasteiger partial charge in [-0.3, -0.25) is 4.79 Å². The quantitative estimate of drug-likeness (QED) is 0.713. The molecule has 0 saturated heterocycles. The second kappa shape index (κ2) is 3.84. The van der Waals surface area contributed by atoms with Crippen LogP contribution in [0.25, 0.3) is 0 Å². The molecule has 0 radical (unpaired) electrons. The lowest BCUT2D eigenvalue weighted by Crippen LogP contribution is -2.33. The van der Waals surface area contributed by atoms with Gasteiger partial charge in [-0.25, -0.2) is 0 Å². The van der Waals surface area contributed by atoms with Crippen molar-refractivity contribution in [2.45, 2.75) is 31.0 Å². The molecular weight excluding hydrogens is 242 g/mol. The van der Waals surface area contributed by atoms with Crippen molar-refractivity contribution in [3.8, 4) is 0 Å². The van der Waals surface area contributed by atoms with E-state index in [0.29, 0.717) is 16.7 Å². The average Bonchev–Trinajstić information content (AvgIpc) is 2.56. The number of fused-ring (bicyclic) bond motifs is 1. The van der Waals surface area contributed by atoms with E-state index >= 15 is 0 Å². The molecule has 0 heterocycles. The third-order valence-corrected chi connectivity index (χ3v) is 3.88. The number of amides is 1. The highest BCUT2D eigenvalue weighted by Gasteiger charge is 2.57. The maximum atomic E-state index is 12.0. The van der Waals surface area contributed by atoms with Gasteiger partial charge in [0.1, 0.15) is 0 Å². The fourth-order valence-corrected chi connectivity index (χ4v) is 3.34. The van der Waals surface area contributed by atoms with Crippen molar-refractivity contribution < 1.29 is 4.79 Å². The van der Waals surface area contributed by atoms with E-state index in [-0.39, 0.29) is 0 Å². The van der Waals surface area contributed by atoms with Gasteiger partial charge in [-0.2, -0.15) is 0 Å². The fraction of sp³-hybridized carbons (Fsp3) is 0.909. The van der Waals surface area contributed by atoms with Crippen molar-refractivity contribution in [3.63, 3.8) is 0 Å². The van der Waals surface area contributed by atoms with E-state index in [1.165, 1.54) is 19.3 Å². The molecule has 80 valence electrons. The standard InChI is InChI=1S/C11H18BrNO/c1-7(12)6-13(2)11(14)10-8-4-3-5-9(8)10/h7-10H,3-6H2,1-2H3. The Kier molecular flexibility index (Phi) is 2.87. The summed E-state index contributed by atoms with van der Waals surface area (Å²) in [6.45, 7) is 2.91. The smallest absolute Gasteiger partial charge is 0.226 e. The maximum absolute atomic E-state index is 12.0. The summed E-state index contributed by atoms with van der Waals surface area (Å²) in [4.78, 5) is 14.2. The summed E-state index contributed by atoms with van der Waals surface area (Å²) in [6.07, 6.45) is 3.93. The van der Waals surface area contributed by atoms with Gasteiger partial charge in [-0.1, -0.05) is 29.3 Å². The number of carbonyl (C=O) groups excluding carboxylic acids is 1. The number of halogens is 1. The van der Waals surface area contributed by atoms with Gasteiger partial charge < -0.3 is 4.90 Å². The molecule has 2 aliphatic carbocycles. The van der Waals surface area contributed by atoms with Gasteiger partial charge >= 0.3 is 0 Å². The number of hydrogen-bond donors (Lipinski definition) is 0. The maximum Gasteiger partial charge on any atom is 0.226 e. The number of hydrogen-bond acceptors (Lipinski definition) is 1. The van der Waals surface area contributed by atoms with Crippen molar-refractivity contribution in [2.24, 2.45) is 17.8 Å². The van der Waals surface area contributed by atoms with Crippen LogP contribution in [0, 0.1) is 17.8 Å². The molecule has 2 saturated carbocycles. The minimum atomic E-state index is 0.381. The van der Waals surface area contributed by atoms with Crippen molar-refractivity contribution in [3.05, 3.63) is 0 Å². The first-order valence-corrected chi connectivity index (χ1v) is 6.42. The first-order valence-electron chi connectivity index (χ1n) is 5.50. The molecule has 0 bridgehead atoms. The molecule has 2 rings (SSSR count). The third-order valence-electron chi connectivity index (χ3n) is 3.59. The summed E-state index contributed by atoms with van der Waals surface area (Å²) in [5.41, 5.74) is 0. The monoisotopic (exact) mass is 259 g/mol. The molecule has 0 aromatic heterocycles. The van der Waals surface area contributed by atoms with Crippen LogP contribution in [0.5, 0.6) is 0 Å². The largest absolute Gasteiger partial charge is 0.344 e. The fourth-order valence-electron chi connectivity index (χ4n) is 2.91. The Bertz CT molecular complexity index is 231. The summed E-state index contributed by atoms with van der Waals surface area (Å²) in [5.74, 6) is 2.26. The van der Waals surface area contributed by atoms with Gasteiger partial charge in [0, 0.05) is 24.3 Å². The van der Waals surface area contributed by atoms with Crippen LogP contribution >= 0.6 is 15.9 Å². The molecule has 0 aliphatic heterocycles. The number of carbonyl (C=O) groups is 1. The van der Waals surface area contributed by atoms with Crippen LogP contribution in [-0.2, 0) is 4.79 Å². The minimum Gasteiger partial charge on any atom is -0.344 e. The lowest BCUT2D eigenvalue weighted by molar-refractivity contribution is -0.132. The first kappa shape index (κ1) is 10.5. The Hall–Kier alpha value is -0.0500. The van der Waals surface area contributed by atoms with E-state index in [1.807, 2.05) is 11.9 Å². The molecule has 14 heavy (non-hydrogen) atoms. The molecule has 0 spiro atoms. The predicted octanol–water partition coefficient (Wildman–Crippen LogP) is 2.27. The average molecular weight is 260 g/mol. The summed E-state index contributed by atoms with van der Waals surface area (Å²) in [6, 6.07) is 0. The lowest BCUT2D eigenvalue weighted by atomic mass is 10.1. The Morgan fingerprint density at radius 1 is 1.50 bits per heavy atom. The molecule has 2 aliphatic rings. The Morgan fingerprint density at radius 3 is 2.57 bits per heavy atom. The number of rotatable bonds is 3. The van der Waals surface area contributed by atoms with E-state index in [2.05, 4.69) is 22.9 Å². The van der Waals surface area contributed by atoms with E-state index in [1.54, 1.807) is 0 Å². The van der Waals surface area contributed by atoms with Gasteiger partial charge in [0.25, 0.3) is 0 Å². The van der Waals surface area contributed by atoms with Crippen LogP contribution in [0.4, 0.5) is 0 Å². The molecule has 0 aromatic carbocycles. The van der Waals surface area contributed by atoms with Crippen molar-refractivity contribution in [1.29, 1.82) is 0 Å². The third kappa shape index (κ3) is 1.83. The second-order valence-electron chi connectivity index (χ2n) is 4.78. The molecule has 0 aromatic rings. The second-order valence-corrected chi connectivity index (χ2v) is 6.35. The normalized spacial score (nSPS) is 36.4. The highest BCUT2D eigenvalue weighted by molar-refractivity contribution is 9.09. The van der Waals surface area contributed by atoms with E-state index in [4.69, 9.17) is 0 Å². The van der Waals surface area contributed by atoms with Gasteiger partial charge in [-0.15, -0.1) is 0 Å². The Balaban J connectivity index is 1.84. The Morgan fingerprint density at radius 2 is 2.07 bits per heavy atom. The summed E-state index contributed by atoms with van der Waals surface area (Å²) >= 11 is 3.48. The summed E-state index contributed by atoms with van der Waals surface area (Å²) in [5, 5.41) is 0. The molecule has 3 atom stereocenters. The molecule has 3 heteroatoms. The molecular formula is C11H18BrNO. The first-order chi connectivity index (χ1) is 6.61. The zero-order valence-corrected chi connectivity index (χ0v) is 10.5. The van der Waals surface area contributed by atoms with Crippen LogP contribution in [0.2, 0.25) is 0 Å². The topological polar surface area (TPSA) is 20.3 Å². The SMILES string of the molecule is CC(Br)CN(C)C(=O)C1C2CCCC21. The zero-order valence-electron chi connectivity index (χ0n) is 8.87. The van der Waals surface area contributed by atoms with E-state index in [0.717, 1.165) is 18.4 Å². The van der Waals surface area contributed by atoms with Crippen LogP contribution in [0.3, 0.4) is 0 Å². The van der Waals surface area contributed by atoms with E-state index < -0.39 is 0 Å². The van der Waals surface area contributed by atoms with Gasteiger partial charge in [0.2, 0.25) is 5.91 Å². The van der Waals surface area contributed by atoms with Crippen molar-refractivity contribution in [2.75, 3.05) is 13.6 Å².